The Morgan fingerprint density at radius 2 is 2.35 bits per heavy atom. The Bertz CT molecular complexity index is 389. The molecule has 1 N–H and O–H groups in total. The number of hydrogen-bond acceptors (Lipinski definition) is 3. The molecule has 1 aliphatic heterocycles. The van der Waals surface area contributed by atoms with Gasteiger partial charge in [-0.2, -0.15) is 0 Å². The zero-order valence-corrected chi connectivity index (χ0v) is 10.2. The van der Waals surface area contributed by atoms with Crippen LogP contribution in [0.1, 0.15) is 5.56 Å². The van der Waals surface area contributed by atoms with Crippen molar-refractivity contribution in [3.8, 4) is 0 Å². The first-order valence-corrected chi connectivity index (χ1v) is 5.95. The molecule has 1 saturated heterocycles. The second kappa shape index (κ2) is 5.78. The van der Waals surface area contributed by atoms with E-state index in [1.165, 1.54) is 6.07 Å². The number of hydrogen-bond donors (Lipinski definition) is 1. The van der Waals surface area contributed by atoms with E-state index in [2.05, 4.69) is 0 Å². The zero-order chi connectivity index (χ0) is 12.3. The molecule has 1 atom stereocenters. The van der Waals surface area contributed by atoms with E-state index >= 15 is 0 Å². The van der Waals surface area contributed by atoms with E-state index in [1.54, 1.807) is 12.1 Å². The lowest BCUT2D eigenvalue weighted by Gasteiger charge is -2.34. The first kappa shape index (κ1) is 12.8. The van der Waals surface area contributed by atoms with Crippen molar-refractivity contribution in [3.63, 3.8) is 0 Å². The molecule has 0 bridgehead atoms. The van der Waals surface area contributed by atoms with Crippen molar-refractivity contribution in [2.24, 2.45) is 0 Å². The average Bonchev–Trinajstić information content (AvgIpc) is 2.33. The van der Waals surface area contributed by atoms with Crippen LogP contribution < -0.4 is 0 Å². The summed E-state index contributed by atoms with van der Waals surface area (Å²) < 4.78 is 18.9. The highest BCUT2D eigenvalue weighted by molar-refractivity contribution is 6.30. The Kier molecular flexibility index (Phi) is 4.34. The van der Waals surface area contributed by atoms with E-state index in [-0.39, 0.29) is 18.5 Å². The summed E-state index contributed by atoms with van der Waals surface area (Å²) in [6.45, 7) is 2.30. The fourth-order valence-corrected chi connectivity index (χ4v) is 2.09. The van der Waals surface area contributed by atoms with Gasteiger partial charge in [0.1, 0.15) is 5.82 Å². The smallest absolute Gasteiger partial charge is 0.129 e. The lowest BCUT2D eigenvalue weighted by Crippen LogP contribution is -2.46. The summed E-state index contributed by atoms with van der Waals surface area (Å²) in [4.78, 5) is 2.02. The first-order chi connectivity index (χ1) is 8.20. The number of morpholine rings is 1. The number of benzene rings is 1. The summed E-state index contributed by atoms with van der Waals surface area (Å²) in [5.41, 5.74) is 0.592. The molecule has 94 valence electrons. The van der Waals surface area contributed by atoms with Crippen LogP contribution in [-0.4, -0.2) is 42.4 Å². The highest BCUT2D eigenvalue weighted by Crippen LogP contribution is 2.18. The molecule has 0 aromatic heterocycles. The van der Waals surface area contributed by atoms with Gasteiger partial charge in [-0.05, 0) is 12.1 Å². The molecule has 0 saturated carbocycles. The SMILES string of the molecule is OCC1COCCN1Cc1ccc(Cl)cc1F. The molecule has 1 aromatic carbocycles. The number of rotatable bonds is 3. The van der Waals surface area contributed by atoms with Gasteiger partial charge in [-0.1, -0.05) is 17.7 Å². The van der Waals surface area contributed by atoms with Gasteiger partial charge < -0.3 is 9.84 Å². The molecule has 1 fully saturated rings. The van der Waals surface area contributed by atoms with Gasteiger partial charge in [0, 0.05) is 23.7 Å². The van der Waals surface area contributed by atoms with Crippen LogP contribution in [-0.2, 0) is 11.3 Å². The lowest BCUT2D eigenvalue weighted by molar-refractivity contribution is -0.0316. The van der Waals surface area contributed by atoms with Crippen molar-refractivity contribution in [2.75, 3.05) is 26.4 Å². The van der Waals surface area contributed by atoms with Gasteiger partial charge in [0.2, 0.25) is 0 Å². The fraction of sp³-hybridized carbons (Fsp3) is 0.500. The summed E-state index contributed by atoms with van der Waals surface area (Å²) in [6, 6.07) is 4.61. The molecular weight excluding hydrogens is 245 g/mol. The summed E-state index contributed by atoms with van der Waals surface area (Å²) >= 11 is 5.70. The molecule has 1 unspecified atom stereocenters. The molecule has 1 heterocycles. The van der Waals surface area contributed by atoms with E-state index in [0.29, 0.717) is 36.9 Å². The molecule has 0 aliphatic carbocycles. The van der Waals surface area contributed by atoms with Crippen LogP contribution in [0.25, 0.3) is 0 Å². The quantitative estimate of drug-likeness (QED) is 0.896. The molecule has 3 nitrogen and oxygen atoms in total. The van der Waals surface area contributed by atoms with Crippen LogP contribution in [0.2, 0.25) is 5.02 Å². The van der Waals surface area contributed by atoms with Gasteiger partial charge in [-0.15, -0.1) is 0 Å². The number of nitrogens with zero attached hydrogens (tertiary/aromatic N) is 1. The van der Waals surface area contributed by atoms with Gasteiger partial charge in [0.25, 0.3) is 0 Å². The lowest BCUT2D eigenvalue weighted by atomic mass is 10.1. The minimum absolute atomic E-state index is 0.0230. The number of halogens is 2. The van der Waals surface area contributed by atoms with E-state index in [4.69, 9.17) is 16.3 Å². The molecule has 1 aliphatic rings. The molecular formula is C12H15ClFNO2. The normalized spacial score (nSPS) is 21.7. The summed E-state index contributed by atoms with van der Waals surface area (Å²) in [6.07, 6.45) is 0. The minimum Gasteiger partial charge on any atom is -0.395 e. The van der Waals surface area contributed by atoms with Gasteiger partial charge in [0.05, 0.1) is 25.9 Å². The van der Waals surface area contributed by atoms with E-state index in [1.807, 2.05) is 4.90 Å². The third-order valence-electron chi connectivity index (χ3n) is 2.95. The Labute approximate surface area is 105 Å². The largest absolute Gasteiger partial charge is 0.395 e. The van der Waals surface area contributed by atoms with Crippen molar-refractivity contribution in [1.82, 2.24) is 4.90 Å². The van der Waals surface area contributed by atoms with Gasteiger partial charge >= 0.3 is 0 Å². The molecule has 0 spiro atoms. The van der Waals surface area contributed by atoms with E-state index < -0.39 is 0 Å². The fourth-order valence-electron chi connectivity index (χ4n) is 1.93. The minimum atomic E-state index is -0.305. The van der Waals surface area contributed by atoms with Gasteiger partial charge in [-0.3, -0.25) is 4.90 Å². The van der Waals surface area contributed by atoms with Crippen LogP contribution >= 0.6 is 11.6 Å². The van der Waals surface area contributed by atoms with Crippen molar-refractivity contribution < 1.29 is 14.2 Å². The maximum Gasteiger partial charge on any atom is 0.129 e. The number of ether oxygens (including phenoxy) is 1. The summed E-state index contributed by atoms with van der Waals surface area (Å²) in [7, 11) is 0. The molecule has 5 heteroatoms. The maximum atomic E-state index is 13.6. The molecule has 0 amide bonds. The highest BCUT2D eigenvalue weighted by Gasteiger charge is 2.23. The Balaban J connectivity index is 2.08. The van der Waals surface area contributed by atoms with Gasteiger partial charge in [-0.25, -0.2) is 4.39 Å². The molecule has 2 rings (SSSR count). The van der Waals surface area contributed by atoms with E-state index in [9.17, 15) is 9.50 Å². The second-order valence-corrected chi connectivity index (χ2v) is 4.55. The zero-order valence-electron chi connectivity index (χ0n) is 9.40. The number of aliphatic hydroxyl groups is 1. The van der Waals surface area contributed by atoms with Crippen LogP contribution in [0.5, 0.6) is 0 Å². The molecule has 1 aromatic rings. The maximum absolute atomic E-state index is 13.6. The third kappa shape index (κ3) is 3.16. The van der Waals surface area contributed by atoms with Crippen LogP contribution in [0.4, 0.5) is 4.39 Å². The Morgan fingerprint density at radius 3 is 3.06 bits per heavy atom. The van der Waals surface area contributed by atoms with Crippen molar-refractivity contribution >= 4 is 11.6 Å². The average molecular weight is 260 g/mol. The predicted octanol–water partition coefficient (Wildman–Crippen LogP) is 1.67. The highest BCUT2D eigenvalue weighted by atomic mass is 35.5. The first-order valence-electron chi connectivity index (χ1n) is 5.57. The molecule has 0 radical (unpaired) electrons. The van der Waals surface area contributed by atoms with Crippen LogP contribution in [0.15, 0.2) is 18.2 Å². The number of aliphatic hydroxyl groups excluding tert-OH is 1. The topological polar surface area (TPSA) is 32.7 Å². The predicted molar refractivity (Wildman–Crippen MR) is 63.5 cm³/mol. The summed E-state index contributed by atoms with van der Waals surface area (Å²) in [5.74, 6) is -0.305. The van der Waals surface area contributed by atoms with Crippen LogP contribution in [0, 0.1) is 5.82 Å². The Hall–Kier alpha value is -0.680. The second-order valence-electron chi connectivity index (χ2n) is 4.12. The van der Waals surface area contributed by atoms with E-state index in [0.717, 1.165) is 0 Å². The monoisotopic (exact) mass is 259 g/mol. The summed E-state index contributed by atoms with van der Waals surface area (Å²) in [5, 5.41) is 9.61. The van der Waals surface area contributed by atoms with Crippen molar-refractivity contribution in [2.45, 2.75) is 12.6 Å². The standard InChI is InChI=1S/C12H15ClFNO2/c13-10-2-1-9(12(14)5-10)6-15-3-4-17-8-11(15)7-16/h1-2,5,11,16H,3-4,6-8H2. The van der Waals surface area contributed by atoms with Crippen LogP contribution in [0.3, 0.4) is 0 Å². The molecule has 17 heavy (non-hydrogen) atoms. The Morgan fingerprint density at radius 1 is 1.53 bits per heavy atom. The third-order valence-corrected chi connectivity index (χ3v) is 3.18. The van der Waals surface area contributed by atoms with Crippen molar-refractivity contribution in [1.29, 1.82) is 0 Å². The van der Waals surface area contributed by atoms with Gasteiger partial charge in [0.15, 0.2) is 0 Å². The van der Waals surface area contributed by atoms with Crippen molar-refractivity contribution in [3.05, 3.63) is 34.6 Å².